The van der Waals surface area contributed by atoms with E-state index in [-0.39, 0.29) is 64.5 Å². The maximum atomic E-state index is 13.6. The number of halogens is 3. The molecule has 0 aliphatic heterocycles. The van der Waals surface area contributed by atoms with E-state index in [1.165, 1.54) is 24.0 Å². The summed E-state index contributed by atoms with van der Waals surface area (Å²) in [5, 5.41) is 33.9. The number of nitrogens with zero attached hydrogens (tertiary/aromatic N) is 1. The SMILES string of the molecule is CC(C)(O)c1ccccc1CC[C@@H](SCC1(CC(=O)O)CC1)c1cccc(/C=C/c2ccc3ccc(Cl)cc3n2)c1.C[C@@H]1C[C@H]2C3CCC4=CC(=O)C=C[C@]4(C)[C@@]3(Cl)[C@@H](O)C[C@]2(C)[C@@]1(OC(=O)c1ccco1)C(=O)CCl. The van der Waals surface area contributed by atoms with Crippen LogP contribution in [0.25, 0.3) is 23.1 Å². The van der Waals surface area contributed by atoms with Crippen LogP contribution in [-0.4, -0.2) is 72.0 Å². The van der Waals surface area contributed by atoms with E-state index in [1.54, 1.807) is 12.1 Å². The Kier molecular flexibility index (Phi) is 15.9. The third kappa shape index (κ3) is 10.5. The van der Waals surface area contributed by atoms with Gasteiger partial charge in [-0.25, -0.2) is 9.78 Å². The number of pyridine rings is 1. The Labute approximate surface area is 464 Å². The van der Waals surface area contributed by atoms with E-state index in [4.69, 9.17) is 48.9 Å². The zero-order valence-corrected chi connectivity index (χ0v) is 46.7. The van der Waals surface area contributed by atoms with E-state index in [1.807, 2.05) is 101 Å². The predicted octanol–water partition coefficient (Wildman–Crippen LogP) is 13.8. The van der Waals surface area contributed by atoms with E-state index in [2.05, 4.69) is 42.5 Å². The smallest absolute Gasteiger partial charge is 0.375 e. The van der Waals surface area contributed by atoms with Gasteiger partial charge in [-0.05, 0) is 153 Å². The average molecular weight is 1110 g/mol. The number of aromatic nitrogens is 1. The molecule has 5 aliphatic rings. The Balaban J connectivity index is 0.000000188. The predicted molar refractivity (Wildman–Crippen MR) is 301 cm³/mol. The molecule has 9 atom stereocenters. The molecule has 0 spiro atoms. The van der Waals surface area contributed by atoms with E-state index >= 15 is 0 Å². The molecule has 4 fully saturated rings. The highest BCUT2D eigenvalue weighted by Gasteiger charge is 2.76. The highest BCUT2D eigenvalue weighted by molar-refractivity contribution is 7.99. The second-order valence-corrected chi connectivity index (χ2v) is 25.3. The summed E-state index contributed by atoms with van der Waals surface area (Å²) in [5.74, 6) is -2.00. The molecule has 4 saturated carbocycles. The number of Topliss-reactive ketones (excluding diaryl/α,β-unsaturated/α-hetero) is 1. The number of carbonyl (C=O) groups is 4. The monoisotopic (exact) mass is 1110 g/mol. The lowest BCUT2D eigenvalue weighted by atomic mass is 9.45. The molecule has 0 bridgehead atoms. The molecule has 76 heavy (non-hydrogen) atoms. The van der Waals surface area contributed by atoms with Crippen molar-refractivity contribution in [3.05, 3.63) is 160 Å². The lowest BCUT2D eigenvalue weighted by Gasteiger charge is -2.64. The summed E-state index contributed by atoms with van der Waals surface area (Å²) < 4.78 is 11.3. The molecule has 400 valence electrons. The fourth-order valence-corrected chi connectivity index (χ4v) is 15.9. The number of ether oxygens (including phenoxy) is 1. The zero-order chi connectivity index (χ0) is 54.4. The van der Waals surface area contributed by atoms with Gasteiger partial charge >= 0.3 is 11.9 Å². The molecule has 1 unspecified atom stereocenters. The molecule has 0 amide bonds. The van der Waals surface area contributed by atoms with Gasteiger partial charge in [0, 0.05) is 38.2 Å². The summed E-state index contributed by atoms with van der Waals surface area (Å²) in [7, 11) is 0. The van der Waals surface area contributed by atoms with E-state index in [9.17, 15) is 34.5 Å². The Hall–Kier alpha value is -5.01. The molecule has 14 heteroatoms. The van der Waals surface area contributed by atoms with Crippen molar-refractivity contribution >= 4 is 93.1 Å². The number of carboxylic acid groups (broad SMARTS) is 1. The van der Waals surface area contributed by atoms with Gasteiger partial charge in [0.1, 0.15) is 0 Å². The molecule has 5 aromatic rings. The van der Waals surface area contributed by atoms with Gasteiger partial charge in [0.15, 0.2) is 17.2 Å². The molecular weight excluding hydrogens is 1040 g/mol. The number of alkyl halides is 2. The summed E-state index contributed by atoms with van der Waals surface area (Å²) in [6.45, 7) is 9.47. The van der Waals surface area contributed by atoms with Crippen LogP contribution in [0.1, 0.15) is 130 Å². The fraction of sp³-hybridized carbons (Fsp3) is 0.435. The van der Waals surface area contributed by atoms with Gasteiger partial charge in [0.2, 0.25) is 5.76 Å². The highest BCUT2D eigenvalue weighted by atomic mass is 35.5. The number of carbonyl (C=O) groups excluding carboxylic acids is 3. The number of aliphatic hydroxyl groups excluding tert-OH is 1. The first-order valence-electron chi connectivity index (χ1n) is 26.2. The van der Waals surface area contributed by atoms with Gasteiger partial charge < -0.3 is 24.5 Å². The standard InChI is InChI=1S/C35H36ClNO3S.C27H30Cl2O6/c1-34(2,40)30-9-4-3-7-25(30)13-17-32(41-23-35(18-19-35)22-33(38)39)27-8-5-6-24(20-27)10-15-29-16-12-26-11-14-28(36)21-31(26)37-29;1-15-11-19-18-7-6-16-12-17(30)8-9-24(16,2)26(18,29)21(31)13-25(19,3)27(15,22(32)14-28)35-23(33)20-5-4-10-34-20/h3-12,14-16,20-21,32,40H,13,17-19,22-23H2,1-2H3,(H,38,39);4-5,8-10,12,15,18-19,21,31H,6-7,11,13-14H2,1-3H3/b15-10+;/t32-;15-,18?,19+,21+,24+,25+,26+,27+/m11/s1. The van der Waals surface area contributed by atoms with Crippen molar-refractivity contribution in [3.63, 3.8) is 0 Å². The minimum Gasteiger partial charge on any atom is -0.481 e. The lowest BCUT2D eigenvalue weighted by Crippen LogP contribution is -2.69. The zero-order valence-electron chi connectivity index (χ0n) is 43.6. The van der Waals surface area contributed by atoms with Crippen LogP contribution < -0.4 is 0 Å². The van der Waals surface area contributed by atoms with Gasteiger partial charge in [0.25, 0.3) is 0 Å². The van der Waals surface area contributed by atoms with Gasteiger partial charge in [0.05, 0.1) is 46.4 Å². The third-order valence-electron chi connectivity index (χ3n) is 17.5. The van der Waals surface area contributed by atoms with Crippen molar-refractivity contribution in [2.75, 3.05) is 11.6 Å². The normalized spacial score (nSPS) is 28.6. The minimum absolute atomic E-state index is 0.00557. The van der Waals surface area contributed by atoms with Gasteiger partial charge in [-0.2, -0.15) is 11.8 Å². The minimum atomic E-state index is -1.53. The largest absolute Gasteiger partial charge is 0.481 e. The summed E-state index contributed by atoms with van der Waals surface area (Å²) in [6.07, 6.45) is 15.5. The molecule has 0 radical (unpaired) electrons. The van der Waals surface area contributed by atoms with Crippen molar-refractivity contribution in [1.29, 1.82) is 0 Å². The number of aliphatic hydroxyl groups is 2. The van der Waals surface area contributed by atoms with Crippen LogP contribution in [0.5, 0.6) is 0 Å². The summed E-state index contributed by atoms with van der Waals surface area (Å²) >= 11 is 21.6. The molecule has 3 aromatic carbocycles. The average Bonchev–Trinajstić information content (AvgIpc) is 4.00. The molecule has 5 aliphatic carbocycles. The fourth-order valence-electron chi connectivity index (χ4n) is 13.4. The Bertz CT molecular complexity index is 3120. The van der Waals surface area contributed by atoms with E-state index < -0.39 is 44.9 Å². The number of furan rings is 1. The molecule has 3 N–H and O–H groups in total. The topological polar surface area (TPSA) is 164 Å². The maximum absolute atomic E-state index is 13.6. The molecule has 10 nitrogen and oxygen atoms in total. The molecule has 10 rings (SSSR count). The summed E-state index contributed by atoms with van der Waals surface area (Å²) in [5.41, 5.74) is 2.95. The second-order valence-electron chi connectivity index (χ2n) is 22.8. The van der Waals surface area contributed by atoms with Crippen LogP contribution in [0.4, 0.5) is 0 Å². The van der Waals surface area contributed by atoms with Crippen LogP contribution in [0, 0.1) is 34.0 Å². The summed E-state index contributed by atoms with van der Waals surface area (Å²) in [6, 6.07) is 29.5. The number of fused-ring (bicyclic) bond motifs is 6. The molecule has 2 heterocycles. The van der Waals surface area contributed by atoms with Crippen molar-refractivity contribution in [1.82, 2.24) is 4.98 Å². The number of hydrogen-bond acceptors (Lipinski definition) is 10. The van der Waals surface area contributed by atoms with Gasteiger partial charge in [-0.3, -0.25) is 14.4 Å². The quantitative estimate of drug-likeness (QED) is 0.0636. The number of benzene rings is 3. The van der Waals surface area contributed by atoms with Crippen LogP contribution >= 0.6 is 46.6 Å². The Morgan fingerprint density at radius 1 is 0.987 bits per heavy atom. The number of esters is 1. The van der Waals surface area contributed by atoms with Crippen LogP contribution in [-0.2, 0) is 31.1 Å². The molecule has 0 saturated heterocycles. The van der Waals surface area contributed by atoms with E-state index in [0.717, 1.165) is 70.3 Å². The van der Waals surface area contributed by atoms with E-state index in [0.29, 0.717) is 24.3 Å². The van der Waals surface area contributed by atoms with Gasteiger partial charge in [-0.15, -0.1) is 23.2 Å². The first-order chi connectivity index (χ1) is 36.1. The highest BCUT2D eigenvalue weighted by Crippen LogP contribution is 2.72. The van der Waals surface area contributed by atoms with Crippen molar-refractivity contribution in [2.45, 2.75) is 120 Å². The number of ketones is 2. The Morgan fingerprint density at radius 2 is 1.75 bits per heavy atom. The van der Waals surface area contributed by atoms with Crippen LogP contribution in [0.15, 0.2) is 125 Å². The second kappa shape index (κ2) is 21.7. The maximum Gasteiger partial charge on any atom is 0.375 e. The first kappa shape index (κ1) is 55.7. The molecule has 2 aromatic heterocycles. The van der Waals surface area contributed by atoms with Gasteiger partial charge in [-0.1, -0.05) is 111 Å². The number of aryl methyl sites for hydroxylation is 1. The number of aliphatic carboxylic acids is 1. The van der Waals surface area contributed by atoms with Crippen LogP contribution in [0.3, 0.4) is 0 Å². The van der Waals surface area contributed by atoms with Crippen LogP contribution in [0.2, 0.25) is 5.02 Å². The lowest BCUT2D eigenvalue weighted by molar-refractivity contribution is -0.177. The number of allylic oxidation sites excluding steroid dienone is 4. The van der Waals surface area contributed by atoms with Crippen molar-refractivity contribution in [2.24, 2.45) is 34.0 Å². The number of thioether (sulfide) groups is 1. The Morgan fingerprint density at radius 3 is 2.46 bits per heavy atom. The summed E-state index contributed by atoms with van der Waals surface area (Å²) in [4.78, 5) is 53.9. The number of hydrogen-bond donors (Lipinski definition) is 3. The van der Waals surface area contributed by atoms with Crippen molar-refractivity contribution in [3.8, 4) is 0 Å². The number of carboxylic acids is 1. The van der Waals surface area contributed by atoms with Crippen molar-refractivity contribution < 1.29 is 43.7 Å². The third-order valence-corrected chi connectivity index (χ3v) is 20.6. The number of rotatable bonds is 16. The molecular formula is C62H66Cl3NO9S. The first-order valence-corrected chi connectivity index (χ1v) is 28.6.